The molecular weight excluding hydrogens is 268 g/mol. The fourth-order valence-electron chi connectivity index (χ4n) is 3.09. The van der Waals surface area contributed by atoms with Crippen LogP contribution in [0.25, 0.3) is 0 Å². The maximum atomic E-state index is 12.1. The molecule has 122 valence electrons. The number of ether oxygens (including phenoxy) is 2. The molecule has 2 fully saturated rings. The van der Waals surface area contributed by atoms with Crippen LogP contribution in [0.1, 0.15) is 51.9 Å². The topological polar surface area (TPSA) is 64.8 Å². The van der Waals surface area contributed by atoms with Crippen LogP contribution in [-0.2, 0) is 14.3 Å². The van der Waals surface area contributed by atoms with Gasteiger partial charge in [-0.2, -0.15) is 0 Å². The summed E-state index contributed by atoms with van der Waals surface area (Å²) in [5, 5.41) is 0. The molecule has 21 heavy (non-hydrogen) atoms. The monoisotopic (exact) mass is 298 g/mol. The maximum Gasteiger partial charge on any atom is 0.239 e. The van der Waals surface area contributed by atoms with Crippen molar-refractivity contribution in [1.82, 2.24) is 4.90 Å². The minimum absolute atomic E-state index is 0.103. The molecule has 2 unspecified atom stereocenters. The minimum Gasteiger partial charge on any atom is -0.376 e. The molecule has 0 saturated carbocycles. The third kappa shape index (κ3) is 5.24. The SMILES string of the molecule is CCCC(N)C(=O)N1CCC(OCC2CCCCO2)CC1. The molecule has 2 N–H and O–H groups in total. The highest BCUT2D eigenvalue weighted by atomic mass is 16.5. The van der Waals surface area contributed by atoms with E-state index in [2.05, 4.69) is 6.92 Å². The Morgan fingerprint density at radius 2 is 2.10 bits per heavy atom. The summed E-state index contributed by atoms with van der Waals surface area (Å²) in [5.41, 5.74) is 5.91. The van der Waals surface area contributed by atoms with E-state index in [1.807, 2.05) is 4.90 Å². The summed E-state index contributed by atoms with van der Waals surface area (Å²) in [5.74, 6) is 0.103. The zero-order valence-electron chi connectivity index (χ0n) is 13.3. The number of carbonyl (C=O) groups excluding carboxylic acids is 1. The number of likely N-dealkylation sites (tertiary alicyclic amines) is 1. The normalized spacial score (nSPS) is 25.8. The summed E-state index contributed by atoms with van der Waals surface area (Å²) in [6, 6.07) is -0.330. The first-order valence-electron chi connectivity index (χ1n) is 8.48. The first-order valence-corrected chi connectivity index (χ1v) is 8.48. The fourth-order valence-corrected chi connectivity index (χ4v) is 3.09. The zero-order valence-corrected chi connectivity index (χ0v) is 13.3. The Balaban J connectivity index is 1.64. The van der Waals surface area contributed by atoms with Gasteiger partial charge in [-0.15, -0.1) is 0 Å². The van der Waals surface area contributed by atoms with E-state index in [1.54, 1.807) is 0 Å². The van der Waals surface area contributed by atoms with Crippen molar-refractivity contribution in [2.75, 3.05) is 26.3 Å². The third-order valence-corrected chi connectivity index (χ3v) is 4.46. The Morgan fingerprint density at radius 3 is 2.71 bits per heavy atom. The van der Waals surface area contributed by atoms with Gasteiger partial charge in [0.15, 0.2) is 0 Å². The highest BCUT2D eigenvalue weighted by Gasteiger charge is 2.27. The molecular formula is C16H30N2O3. The quantitative estimate of drug-likeness (QED) is 0.810. The number of nitrogens with zero attached hydrogens (tertiary/aromatic N) is 1. The van der Waals surface area contributed by atoms with Gasteiger partial charge < -0.3 is 20.1 Å². The van der Waals surface area contributed by atoms with Gasteiger partial charge in [0, 0.05) is 19.7 Å². The molecule has 0 aromatic rings. The number of hydrogen-bond acceptors (Lipinski definition) is 4. The van der Waals surface area contributed by atoms with Gasteiger partial charge in [0.2, 0.25) is 5.91 Å². The lowest BCUT2D eigenvalue weighted by Gasteiger charge is -2.34. The van der Waals surface area contributed by atoms with Crippen molar-refractivity contribution in [2.45, 2.75) is 70.1 Å². The Bertz CT molecular complexity index is 311. The van der Waals surface area contributed by atoms with Gasteiger partial charge in [-0.05, 0) is 38.5 Å². The van der Waals surface area contributed by atoms with E-state index in [0.717, 1.165) is 51.8 Å². The van der Waals surface area contributed by atoms with E-state index in [-0.39, 0.29) is 24.2 Å². The van der Waals surface area contributed by atoms with Crippen LogP contribution in [0.5, 0.6) is 0 Å². The average molecular weight is 298 g/mol. The molecule has 5 nitrogen and oxygen atoms in total. The molecule has 0 bridgehead atoms. The van der Waals surface area contributed by atoms with Crippen molar-refractivity contribution in [2.24, 2.45) is 5.73 Å². The average Bonchev–Trinajstić information content (AvgIpc) is 2.54. The van der Waals surface area contributed by atoms with Crippen LogP contribution in [0.15, 0.2) is 0 Å². The number of carbonyl (C=O) groups is 1. The summed E-state index contributed by atoms with van der Waals surface area (Å²) in [7, 11) is 0. The second kappa shape index (κ2) is 8.71. The third-order valence-electron chi connectivity index (χ3n) is 4.46. The van der Waals surface area contributed by atoms with Crippen molar-refractivity contribution < 1.29 is 14.3 Å². The van der Waals surface area contributed by atoms with Gasteiger partial charge >= 0.3 is 0 Å². The van der Waals surface area contributed by atoms with Gasteiger partial charge in [0.25, 0.3) is 0 Å². The lowest BCUT2D eigenvalue weighted by atomic mass is 10.0. The van der Waals surface area contributed by atoms with E-state index < -0.39 is 0 Å². The van der Waals surface area contributed by atoms with Crippen LogP contribution >= 0.6 is 0 Å². The van der Waals surface area contributed by atoms with Gasteiger partial charge in [-0.3, -0.25) is 4.79 Å². The van der Waals surface area contributed by atoms with E-state index in [4.69, 9.17) is 15.2 Å². The predicted octanol–water partition coefficient (Wildman–Crippen LogP) is 1.69. The second-order valence-electron chi connectivity index (χ2n) is 6.24. The molecule has 2 aliphatic heterocycles. The Labute approximate surface area is 128 Å². The van der Waals surface area contributed by atoms with E-state index in [0.29, 0.717) is 6.61 Å². The fraction of sp³-hybridized carbons (Fsp3) is 0.938. The molecule has 2 saturated heterocycles. The van der Waals surface area contributed by atoms with Crippen molar-refractivity contribution >= 4 is 5.91 Å². The summed E-state index contributed by atoms with van der Waals surface area (Å²) >= 11 is 0. The van der Waals surface area contributed by atoms with Crippen LogP contribution in [0.2, 0.25) is 0 Å². The van der Waals surface area contributed by atoms with Crippen LogP contribution in [0.3, 0.4) is 0 Å². The first kappa shape index (κ1) is 16.7. The van der Waals surface area contributed by atoms with Crippen LogP contribution in [0.4, 0.5) is 0 Å². The number of hydrogen-bond donors (Lipinski definition) is 1. The van der Waals surface area contributed by atoms with Gasteiger partial charge in [-0.1, -0.05) is 13.3 Å². The predicted molar refractivity (Wildman–Crippen MR) is 82.0 cm³/mol. The summed E-state index contributed by atoms with van der Waals surface area (Å²) in [4.78, 5) is 14.0. The molecule has 0 spiro atoms. The number of piperidine rings is 1. The van der Waals surface area contributed by atoms with Gasteiger partial charge in [-0.25, -0.2) is 0 Å². The molecule has 2 aliphatic rings. The van der Waals surface area contributed by atoms with Crippen molar-refractivity contribution in [3.05, 3.63) is 0 Å². The molecule has 2 rings (SSSR count). The summed E-state index contributed by atoms with van der Waals surface area (Å²) < 4.78 is 11.6. The van der Waals surface area contributed by atoms with Crippen molar-refractivity contribution in [3.63, 3.8) is 0 Å². The molecule has 0 aromatic heterocycles. The molecule has 2 heterocycles. The molecule has 0 aliphatic carbocycles. The van der Waals surface area contributed by atoms with Crippen LogP contribution < -0.4 is 5.73 Å². The lowest BCUT2D eigenvalue weighted by Crippen LogP contribution is -2.48. The first-order chi connectivity index (χ1) is 10.2. The highest BCUT2D eigenvalue weighted by molar-refractivity contribution is 5.81. The zero-order chi connectivity index (χ0) is 15.1. The largest absolute Gasteiger partial charge is 0.376 e. The standard InChI is InChI=1S/C16H30N2O3/c1-2-5-15(17)16(19)18-9-7-13(8-10-18)21-12-14-6-3-4-11-20-14/h13-15H,2-12,17H2,1H3. The van der Waals surface area contributed by atoms with Gasteiger partial charge in [0.05, 0.1) is 24.9 Å². The molecule has 5 heteroatoms. The van der Waals surface area contributed by atoms with Gasteiger partial charge in [0.1, 0.15) is 0 Å². The number of nitrogens with two attached hydrogens (primary N) is 1. The molecule has 1 amide bonds. The molecule has 0 aromatic carbocycles. The molecule has 0 radical (unpaired) electrons. The minimum atomic E-state index is -0.330. The molecule has 2 atom stereocenters. The summed E-state index contributed by atoms with van der Waals surface area (Å²) in [6.45, 7) is 5.17. The van der Waals surface area contributed by atoms with Crippen LogP contribution in [-0.4, -0.2) is 55.4 Å². The van der Waals surface area contributed by atoms with E-state index >= 15 is 0 Å². The Kier molecular flexibility index (Phi) is 6.93. The maximum absolute atomic E-state index is 12.1. The smallest absolute Gasteiger partial charge is 0.239 e. The number of rotatable bonds is 6. The Hall–Kier alpha value is -0.650. The Morgan fingerprint density at radius 1 is 1.33 bits per heavy atom. The second-order valence-corrected chi connectivity index (χ2v) is 6.24. The summed E-state index contributed by atoms with van der Waals surface area (Å²) in [6.07, 6.45) is 7.63. The number of amides is 1. The highest BCUT2D eigenvalue weighted by Crippen LogP contribution is 2.18. The van der Waals surface area contributed by atoms with E-state index in [1.165, 1.54) is 12.8 Å². The van der Waals surface area contributed by atoms with Crippen LogP contribution in [0, 0.1) is 0 Å². The van der Waals surface area contributed by atoms with Crippen molar-refractivity contribution in [1.29, 1.82) is 0 Å². The lowest BCUT2D eigenvalue weighted by molar-refractivity contribution is -0.136. The van der Waals surface area contributed by atoms with E-state index in [9.17, 15) is 4.79 Å². The van der Waals surface area contributed by atoms with Crippen molar-refractivity contribution in [3.8, 4) is 0 Å².